The average molecular weight is 290 g/mol. The van der Waals surface area contributed by atoms with Gasteiger partial charge in [-0.15, -0.1) is 0 Å². The second-order valence-corrected chi connectivity index (χ2v) is 7.05. The van der Waals surface area contributed by atoms with E-state index in [2.05, 4.69) is 23.3 Å². The van der Waals surface area contributed by atoms with Gasteiger partial charge in [-0.1, -0.05) is 24.3 Å². The van der Waals surface area contributed by atoms with Gasteiger partial charge in [-0.05, 0) is 24.1 Å². The second kappa shape index (κ2) is 6.05. The number of aromatic nitrogens is 1. The molecule has 0 amide bonds. The maximum Gasteiger partial charge on any atom is 0.149 e. The lowest BCUT2D eigenvalue weighted by Crippen LogP contribution is -2.14. The van der Waals surface area contributed by atoms with E-state index in [0.717, 1.165) is 16.8 Å². The van der Waals surface area contributed by atoms with Crippen LogP contribution in [-0.2, 0) is 9.84 Å². The van der Waals surface area contributed by atoms with Crippen LogP contribution < -0.4 is 5.32 Å². The van der Waals surface area contributed by atoms with E-state index in [4.69, 9.17) is 0 Å². The predicted octanol–water partition coefficient (Wildman–Crippen LogP) is 2.51. The molecule has 0 radical (unpaired) electrons. The minimum atomic E-state index is -2.96. The molecule has 0 aliphatic carbocycles. The third-order valence-electron chi connectivity index (χ3n) is 3.04. The average Bonchev–Trinajstić information content (AvgIpc) is 2.39. The van der Waals surface area contributed by atoms with E-state index in [9.17, 15) is 8.42 Å². The van der Waals surface area contributed by atoms with Crippen molar-refractivity contribution >= 4 is 15.5 Å². The van der Waals surface area contributed by atoms with Gasteiger partial charge in [0.05, 0.1) is 17.6 Å². The van der Waals surface area contributed by atoms with Gasteiger partial charge in [0.2, 0.25) is 0 Å². The summed E-state index contributed by atoms with van der Waals surface area (Å²) in [5.74, 6) is 0.106. The Kier molecular flexibility index (Phi) is 4.39. The van der Waals surface area contributed by atoms with E-state index in [-0.39, 0.29) is 5.75 Å². The predicted molar refractivity (Wildman–Crippen MR) is 82.6 cm³/mol. The van der Waals surface area contributed by atoms with Gasteiger partial charge >= 0.3 is 0 Å². The standard InChI is InChI=1S/C15H18N2O2S/c1-12-5-3-4-6-13(12)14-7-8-16-11-15(14)17-9-10-20(2,18)19/h3-8,11,17H,9-10H2,1-2H3. The molecule has 1 heterocycles. The maximum atomic E-state index is 11.2. The van der Waals surface area contributed by atoms with E-state index in [1.54, 1.807) is 12.4 Å². The SMILES string of the molecule is Cc1ccccc1-c1ccncc1NCCS(C)(=O)=O. The van der Waals surface area contributed by atoms with Crippen molar-refractivity contribution in [1.82, 2.24) is 4.98 Å². The van der Waals surface area contributed by atoms with E-state index >= 15 is 0 Å². The van der Waals surface area contributed by atoms with Crippen molar-refractivity contribution in [2.24, 2.45) is 0 Å². The smallest absolute Gasteiger partial charge is 0.149 e. The first-order chi connectivity index (χ1) is 9.47. The quantitative estimate of drug-likeness (QED) is 0.919. The molecule has 0 bridgehead atoms. The van der Waals surface area contributed by atoms with Crippen LogP contribution in [0.15, 0.2) is 42.7 Å². The molecule has 106 valence electrons. The zero-order chi connectivity index (χ0) is 14.6. The molecule has 5 heteroatoms. The summed E-state index contributed by atoms with van der Waals surface area (Å²) in [5, 5.41) is 3.15. The fourth-order valence-corrected chi connectivity index (χ4v) is 2.49. The van der Waals surface area contributed by atoms with Crippen LogP contribution in [0.5, 0.6) is 0 Å². The number of rotatable bonds is 5. The van der Waals surface area contributed by atoms with Crippen molar-refractivity contribution in [3.63, 3.8) is 0 Å². The van der Waals surface area contributed by atoms with E-state index in [0.29, 0.717) is 6.54 Å². The van der Waals surface area contributed by atoms with Crippen LogP contribution in [0.2, 0.25) is 0 Å². The molecule has 1 aromatic carbocycles. The molecule has 0 fully saturated rings. The summed E-state index contributed by atoms with van der Waals surface area (Å²) in [6, 6.07) is 10.0. The first-order valence-corrected chi connectivity index (χ1v) is 8.45. The molecular weight excluding hydrogens is 272 g/mol. The van der Waals surface area contributed by atoms with Gasteiger partial charge < -0.3 is 5.32 Å². The lowest BCUT2D eigenvalue weighted by molar-refractivity contribution is 0.602. The number of pyridine rings is 1. The Bertz CT molecular complexity index is 697. The van der Waals surface area contributed by atoms with Crippen LogP contribution in [0.25, 0.3) is 11.1 Å². The highest BCUT2D eigenvalue weighted by molar-refractivity contribution is 7.90. The molecule has 0 atom stereocenters. The summed E-state index contributed by atoms with van der Waals surface area (Å²) in [5.41, 5.74) is 4.18. The Balaban J connectivity index is 2.25. The van der Waals surface area contributed by atoms with E-state index < -0.39 is 9.84 Å². The fraction of sp³-hybridized carbons (Fsp3) is 0.267. The number of hydrogen-bond acceptors (Lipinski definition) is 4. The highest BCUT2D eigenvalue weighted by Crippen LogP contribution is 2.29. The topological polar surface area (TPSA) is 59.1 Å². The fourth-order valence-electron chi connectivity index (χ4n) is 2.02. The first-order valence-electron chi connectivity index (χ1n) is 6.39. The van der Waals surface area contributed by atoms with Crippen molar-refractivity contribution < 1.29 is 8.42 Å². The molecule has 1 aromatic heterocycles. The third kappa shape index (κ3) is 3.81. The van der Waals surface area contributed by atoms with Gasteiger partial charge in [-0.3, -0.25) is 4.98 Å². The van der Waals surface area contributed by atoms with E-state index in [1.807, 2.05) is 24.3 Å². The molecule has 0 aliphatic heterocycles. The largest absolute Gasteiger partial charge is 0.382 e. The summed E-state index contributed by atoms with van der Waals surface area (Å²) in [6.45, 7) is 2.43. The number of hydrogen-bond donors (Lipinski definition) is 1. The van der Waals surface area contributed by atoms with Gasteiger partial charge in [-0.2, -0.15) is 0 Å². The number of sulfone groups is 1. The molecule has 2 rings (SSSR count). The number of nitrogens with one attached hydrogen (secondary N) is 1. The summed E-state index contributed by atoms with van der Waals surface area (Å²) in [6.07, 6.45) is 4.70. The van der Waals surface area contributed by atoms with Crippen LogP contribution in [0.4, 0.5) is 5.69 Å². The van der Waals surface area contributed by atoms with Gasteiger partial charge in [0.15, 0.2) is 0 Å². The molecule has 0 unspecified atom stereocenters. The summed E-state index contributed by atoms with van der Waals surface area (Å²) in [4.78, 5) is 4.10. The third-order valence-corrected chi connectivity index (χ3v) is 3.99. The molecule has 0 spiro atoms. The van der Waals surface area contributed by atoms with Gasteiger partial charge in [-0.25, -0.2) is 8.42 Å². The Morgan fingerprint density at radius 1 is 1.15 bits per heavy atom. The highest BCUT2D eigenvalue weighted by Gasteiger charge is 2.08. The van der Waals surface area contributed by atoms with Gasteiger partial charge in [0.25, 0.3) is 0 Å². The zero-order valence-electron chi connectivity index (χ0n) is 11.6. The highest BCUT2D eigenvalue weighted by atomic mass is 32.2. The monoisotopic (exact) mass is 290 g/mol. The minimum absolute atomic E-state index is 0.106. The van der Waals surface area contributed by atoms with Gasteiger partial charge in [0, 0.05) is 24.6 Å². The zero-order valence-corrected chi connectivity index (χ0v) is 12.4. The summed E-state index contributed by atoms with van der Waals surface area (Å²) < 4.78 is 22.3. The van der Waals surface area contributed by atoms with Crippen molar-refractivity contribution in [2.45, 2.75) is 6.92 Å². The molecular formula is C15H18N2O2S. The Morgan fingerprint density at radius 3 is 2.60 bits per heavy atom. The number of anilines is 1. The number of benzene rings is 1. The van der Waals surface area contributed by atoms with Crippen LogP contribution in [0.3, 0.4) is 0 Å². The molecule has 4 nitrogen and oxygen atoms in total. The van der Waals surface area contributed by atoms with Gasteiger partial charge in [0.1, 0.15) is 9.84 Å². The number of aryl methyl sites for hydroxylation is 1. The minimum Gasteiger partial charge on any atom is -0.382 e. The van der Waals surface area contributed by atoms with Crippen LogP contribution in [-0.4, -0.2) is 32.0 Å². The van der Waals surface area contributed by atoms with Crippen molar-refractivity contribution in [3.05, 3.63) is 48.3 Å². The molecule has 2 aromatic rings. The molecule has 1 N–H and O–H groups in total. The van der Waals surface area contributed by atoms with Crippen LogP contribution in [0.1, 0.15) is 5.56 Å². The molecule has 0 saturated heterocycles. The summed E-state index contributed by atoms with van der Waals surface area (Å²) >= 11 is 0. The summed E-state index contributed by atoms with van der Waals surface area (Å²) in [7, 11) is -2.96. The molecule has 0 aliphatic rings. The Morgan fingerprint density at radius 2 is 1.90 bits per heavy atom. The van der Waals surface area contributed by atoms with Crippen molar-refractivity contribution in [1.29, 1.82) is 0 Å². The Labute approximate surface area is 119 Å². The van der Waals surface area contributed by atoms with Crippen LogP contribution >= 0.6 is 0 Å². The molecule has 0 saturated carbocycles. The van der Waals surface area contributed by atoms with E-state index in [1.165, 1.54) is 11.8 Å². The normalized spacial score (nSPS) is 11.3. The second-order valence-electron chi connectivity index (χ2n) is 4.79. The Hall–Kier alpha value is -1.88. The van der Waals surface area contributed by atoms with Crippen molar-refractivity contribution in [2.75, 3.05) is 23.9 Å². The van der Waals surface area contributed by atoms with Crippen molar-refractivity contribution in [3.8, 4) is 11.1 Å². The number of nitrogens with zero attached hydrogens (tertiary/aromatic N) is 1. The maximum absolute atomic E-state index is 11.2. The molecule has 20 heavy (non-hydrogen) atoms. The van der Waals surface area contributed by atoms with Crippen LogP contribution in [0, 0.1) is 6.92 Å². The first kappa shape index (κ1) is 14.5. The lowest BCUT2D eigenvalue weighted by atomic mass is 10.0. The lowest BCUT2D eigenvalue weighted by Gasteiger charge is -2.13.